The van der Waals surface area contributed by atoms with Crippen LogP contribution in [0.1, 0.15) is 32.1 Å². The fourth-order valence-corrected chi connectivity index (χ4v) is 2.93. The molecule has 0 spiro atoms. The second-order valence-corrected chi connectivity index (χ2v) is 6.19. The first-order valence-electron chi connectivity index (χ1n) is 6.79. The Balaban J connectivity index is 1.97. The predicted octanol–water partition coefficient (Wildman–Crippen LogP) is 4.45. The summed E-state index contributed by atoms with van der Waals surface area (Å²) in [6, 6.07) is 4.25. The summed E-state index contributed by atoms with van der Waals surface area (Å²) < 4.78 is 40.6. The first-order chi connectivity index (χ1) is 9.77. The van der Waals surface area contributed by atoms with Crippen molar-refractivity contribution in [2.75, 3.05) is 11.9 Å². The lowest BCUT2D eigenvalue weighted by atomic mass is 9.85. The summed E-state index contributed by atoms with van der Waals surface area (Å²) in [6.07, 6.45) is -0.0839. The summed E-state index contributed by atoms with van der Waals surface area (Å²) in [5.74, 6) is -0.288. The Morgan fingerprint density at radius 3 is 2.48 bits per heavy atom. The molecule has 0 unspecified atom stereocenters. The van der Waals surface area contributed by atoms with Crippen LogP contribution in [0.3, 0.4) is 0 Å². The van der Waals surface area contributed by atoms with Crippen molar-refractivity contribution in [1.82, 2.24) is 0 Å². The maximum Gasteiger partial charge on any atom is 0.573 e. The second kappa shape index (κ2) is 6.44. The Labute approximate surface area is 129 Å². The Bertz CT molecular complexity index is 488. The highest BCUT2D eigenvalue weighted by molar-refractivity contribution is 9.10. The molecule has 0 saturated heterocycles. The van der Waals surface area contributed by atoms with Gasteiger partial charge >= 0.3 is 6.36 Å². The maximum atomic E-state index is 12.2. The topological polar surface area (TPSA) is 41.5 Å². The third kappa shape index (κ3) is 5.07. The number of rotatable bonds is 4. The third-order valence-corrected chi connectivity index (χ3v) is 4.18. The number of nitrogens with one attached hydrogen (secondary N) is 1. The second-order valence-electron chi connectivity index (χ2n) is 5.33. The van der Waals surface area contributed by atoms with Crippen LogP contribution in [0.4, 0.5) is 18.9 Å². The van der Waals surface area contributed by atoms with Gasteiger partial charge in [-0.2, -0.15) is 0 Å². The summed E-state index contributed by atoms with van der Waals surface area (Å²) >= 11 is 3.05. The minimum absolute atomic E-state index is 0.209. The van der Waals surface area contributed by atoms with Gasteiger partial charge in [0.25, 0.3) is 0 Å². The number of hydrogen-bond donors (Lipinski definition) is 2. The molecule has 1 aromatic carbocycles. The van der Waals surface area contributed by atoms with E-state index in [0.29, 0.717) is 12.2 Å². The molecule has 1 aromatic rings. The maximum absolute atomic E-state index is 12.2. The van der Waals surface area contributed by atoms with Crippen molar-refractivity contribution in [1.29, 1.82) is 0 Å². The monoisotopic (exact) mass is 367 g/mol. The molecule has 3 nitrogen and oxygen atoms in total. The molecule has 0 aliphatic heterocycles. The van der Waals surface area contributed by atoms with E-state index < -0.39 is 12.0 Å². The van der Waals surface area contributed by atoms with E-state index in [9.17, 15) is 18.3 Å². The zero-order valence-corrected chi connectivity index (χ0v) is 12.9. The Hall–Kier alpha value is -0.950. The normalized spacial score (nSPS) is 18.3. The standard InChI is InChI=1S/C14H17BrF3NO2/c15-11-8-10(4-5-12(11)21-14(16,17)18)19-9-13(20)6-2-1-3-7-13/h4-5,8,19-20H,1-3,6-7,9H2. The van der Waals surface area contributed by atoms with Crippen LogP contribution in [0, 0.1) is 0 Å². The molecule has 1 aliphatic carbocycles. The van der Waals surface area contributed by atoms with Gasteiger partial charge in [-0.1, -0.05) is 19.3 Å². The van der Waals surface area contributed by atoms with Crippen LogP contribution < -0.4 is 10.1 Å². The molecule has 118 valence electrons. The zero-order valence-electron chi connectivity index (χ0n) is 11.3. The first kappa shape index (κ1) is 16.4. The van der Waals surface area contributed by atoms with Gasteiger partial charge in [0.15, 0.2) is 0 Å². The van der Waals surface area contributed by atoms with Gasteiger partial charge in [-0.3, -0.25) is 0 Å². The van der Waals surface area contributed by atoms with Crippen LogP contribution in [0.15, 0.2) is 22.7 Å². The Kier molecular flexibility index (Phi) is 5.03. The number of aliphatic hydroxyl groups is 1. The van der Waals surface area contributed by atoms with E-state index in [1.807, 2.05) is 0 Å². The molecular formula is C14H17BrF3NO2. The first-order valence-corrected chi connectivity index (χ1v) is 7.58. The minimum atomic E-state index is -4.71. The molecule has 21 heavy (non-hydrogen) atoms. The number of ether oxygens (including phenoxy) is 1. The lowest BCUT2D eigenvalue weighted by Crippen LogP contribution is -2.38. The Morgan fingerprint density at radius 2 is 1.90 bits per heavy atom. The van der Waals surface area contributed by atoms with Gasteiger partial charge < -0.3 is 15.2 Å². The number of alkyl halides is 3. The van der Waals surface area contributed by atoms with E-state index in [0.717, 1.165) is 32.1 Å². The van der Waals surface area contributed by atoms with E-state index >= 15 is 0 Å². The molecule has 2 N–H and O–H groups in total. The molecule has 7 heteroatoms. The Morgan fingerprint density at radius 1 is 1.24 bits per heavy atom. The van der Waals surface area contributed by atoms with E-state index in [1.54, 1.807) is 0 Å². The SMILES string of the molecule is OC1(CNc2ccc(OC(F)(F)F)c(Br)c2)CCCCC1. The molecule has 0 amide bonds. The molecule has 0 aromatic heterocycles. The van der Waals surface area contributed by atoms with Crippen LogP contribution >= 0.6 is 15.9 Å². The molecular weight excluding hydrogens is 351 g/mol. The molecule has 0 heterocycles. The summed E-state index contributed by atoms with van der Waals surface area (Å²) in [5.41, 5.74) is -0.0957. The van der Waals surface area contributed by atoms with E-state index in [2.05, 4.69) is 26.0 Å². The summed E-state index contributed by atoms with van der Waals surface area (Å²) in [6.45, 7) is 0.388. The molecule has 0 atom stereocenters. The third-order valence-electron chi connectivity index (χ3n) is 3.56. The average molecular weight is 368 g/mol. The summed E-state index contributed by atoms with van der Waals surface area (Å²) in [7, 11) is 0. The number of halogens is 4. The molecule has 0 radical (unpaired) electrons. The van der Waals surface area contributed by atoms with Gasteiger partial charge in [-0.25, -0.2) is 0 Å². The van der Waals surface area contributed by atoms with Gasteiger partial charge in [0, 0.05) is 12.2 Å². The highest BCUT2D eigenvalue weighted by Gasteiger charge is 2.32. The fraction of sp³-hybridized carbons (Fsp3) is 0.571. The average Bonchev–Trinajstić information content (AvgIpc) is 2.39. The van der Waals surface area contributed by atoms with Crippen molar-refractivity contribution in [3.05, 3.63) is 22.7 Å². The van der Waals surface area contributed by atoms with Gasteiger partial charge in [-0.05, 0) is 47.0 Å². The number of benzene rings is 1. The number of hydrogen-bond acceptors (Lipinski definition) is 3. The zero-order chi connectivity index (χ0) is 15.5. The summed E-state index contributed by atoms with van der Waals surface area (Å²) in [4.78, 5) is 0. The molecule has 0 bridgehead atoms. The van der Waals surface area contributed by atoms with Crippen molar-refractivity contribution in [2.24, 2.45) is 0 Å². The van der Waals surface area contributed by atoms with Crippen molar-refractivity contribution < 1.29 is 23.0 Å². The largest absolute Gasteiger partial charge is 0.573 e. The number of anilines is 1. The van der Waals surface area contributed by atoms with Crippen LogP contribution in [0.25, 0.3) is 0 Å². The van der Waals surface area contributed by atoms with Crippen LogP contribution in [0.5, 0.6) is 5.75 Å². The van der Waals surface area contributed by atoms with Gasteiger partial charge in [0.2, 0.25) is 0 Å². The van der Waals surface area contributed by atoms with E-state index in [1.165, 1.54) is 18.2 Å². The van der Waals surface area contributed by atoms with Crippen molar-refractivity contribution >= 4 is 21.6 Å². The minimum Gasteiger partial charge on any atom is -0.405 e. The van der Waals surface area contributed by atoms with Gasteiger partial charge in [0.1, 0.15) is 5.75 Å². The lowest BCUT2D eigenvalue weighted by molar-refractivity contribution is -0.274. The van der Waals surface area contributed by atoms with Crippen LogP contribution in [-0.4, -0.2) is 23.6 Å². The van der Waals surface area contributed by atoms with E-state index in [-0.39, 0.29) is 10.2 Å². The predicted molar refractivity (Wildman–Crippen MR) is 77.3 cm³/mol. The molecule has 1 aliphatic rings. The van der Waals surface area contributed by atoms with Crippen molar-refractivity contribution in [3.8, 4) is 5.75 Å². The van der Waals surface area contributed by atoms with Crippen LogP contribution in [0.2, 0.25) is 0 Å². The highest BCUT2D eigenvalue weighted by atomic mass is 79.9. The lowest BCUT2D eigenvalue weighted by Gasteiger charge is -2.32. The fourth-order valence-electron chi connectivity index (χ4n) is 2.47. The van der Waals surface area contributed by atoms with Crippen molar-refractivity contribution in [3.63, 3.8) is 0 Å². The molecule has 1 saturated carbocycles. The van der Waals surface area contributed by atoms with Gasteiger partial charge in [-0.15, -0.1) is 13.2 Å². The molecule has 1 fully saturated rings. The van der Waals surface area contributed by atoms with Gasteiger partial charge in [0.05, 0.1) is 10.1 Å². The molecule has 2 rings (SSSR count). The smallest absolute Gasteiger partial charge is 0.405 e. The van der Waals surface area contributed by atoms with E-state index in [4.69, 9.17) is 0 Å². The quantitative estimate of drug-likeness (QED) is 0.825. The van der Waals surface area contributed by atoms with Crippen LogP contribution in [-0.2, 0) is 0 Å². The highest BCUT2D eigenvalue weighted by Crippen LogP contribution is 2.33. The van der Waals surface area contributed by atoms with Crippen molar-refractivity contribution in [2.45, 2.75) is 44.1 Å². The summed E-state index contributed by atoms with van der Waals surface area (Å²) in [5, 5.41) is 13.4.